The highest BCUT2D eigenvalue weighted by molar-refractivity contribution is 8.14. The second kappa shape index (κ2) is 9.41. The van der Waals surface area contributed by atoms with Crippen LogP contribution in [0.3, 0.4) is 0 Å². The van der Waals surface area contributed by atoms with Crippen molar-refractivity contribution in [2.45, 2.75) is 18.9 Å². The molecule has 11 heteroatoms. The molecule has 1 aliphatic carbocycles. The van der Waals surface area contributed by atoms with E-state index in [1.165, 1.54) is 24.9 Å². The fourth-order valence-corrected chi connectivity index (χ4v) is 4.48. The van der Waals surface area contributed by atoms with Gasteiger partial charge in [0.2, 0.25) is 0 Å². The van der Waals surface area contributed by atoms with Crippen LogP contribution in [0.1, 0.15) is 18.5 Å². The average molecular weight is 469 g/mol. The van der Waals surface area contributed by atoms with Crippen LogP contribution in [0.5, 0.6) is 5.75 Å². The Bertz CT molecular complexity index is 1240. The van der Waals surface area contributed by atoms with E-state index < -0.39 is 22.9 Å². The fraction of sp³-hybridized carbons (Fsp3) is 0.273. The van der Waals surface area contributed by atoms with E-state index >= 15 is 0 Å². The minimum absolute atomic E-state index is 0.0540. The first-order valence-corrected chi connectivity index (χ1v) is 11.0. The first-order valence-electron chi connectivity index (χ1n) is 9.99. The predicted molar refractivity (Wildman–Crippen MR) is 121 cm³/mol. The van der Waals surface area contributed by atoms with E-state index in [1.54, 1.807) is 30.3 Å². The number of carboxylic acid groups (broad SMARTS) is 1. The van der Waals surface area contributed by atoms with E-state index in [2.05, 4.69) is 14.7 Å². The first-order chi connectivity index (χ1) is 15.8. The topological polar surface area (TPSA) is 141 Å². The zero-order chi connectivity index (χ0) is 23.5. The number of pyridine rings is 1. The summed E-state index contributed by atoms with van der Waals surface area (Å²) < 4.78 is 10.4. The fourth-order valence-electron chi connectivity index (χ4n) is 3.49. The third kappa shape index (κ3) is 5.03. The number of benzene rings is 1. The van der Waals surface area contributed by atoms with Crippen LogP contribution in [0.4, 0.5) is 0 Å². The van der Waals surface area contributed by atoms with Crippen molar-refractivity contribution in [3.05, 3.63) is 69.7 Å². The monoisotopic (exact) mass is 469 g/mol. The average Bonchev–Trinajstić information content (AvgIpc) is 3.30. The maximum absolute atomic E-state index is 11.6. The summed E-state index contributed by atoms with van der Waals surface area (Å²) in [4.78, 5) is 42.4. The molecule has 2 aliphatic rings. The van der Waals surface area contributed by atoms with Gasteiger partial charge < -0.3 is 14.6 Å². The van der Waals surface area contributed by atoms with Crippen molar-refractivity contribution < 1.29 is 29.1 Å². The minimum Gasteiger partial charge on any atom is -0.480 e. The molecule has 0 spiro atoms. The van der Waals surface area contributed by atoms with Crippen molar-refractivity contribution >= 4 is 39.6 Å². The summed E-state index contributed by atoms with van der Waals surface area (Å²) in [6.45, 7) is 0. The summed E-state index contributed by atoms with van der Waals surface area (Å²) in [5.41, 5.74) is 1.14. The summed E-state index contributed by atoms with van der Waals surface area (Å²) in [7, 11) is 1.28. The molecule has 0 radical (unpaired) electrons. The lowest BCUT2D eigenvalue weighted by Gasteiger charge is -2.17. The van der Waals surface area contributed by atoms with Gasteiger partial charge in [-0.05, 0) is 36.3 Å². The highest BCUT2D eigenvalue weighted by Gasteiger charge is 2.29. The molecule has 10 nitrogen and oxygen atoms in total. The number of carbonyl (C=O) groups is 2. The van der Waals surface area contributed by atoms with Crippen molar-refractivity contribution in [3.63, 3.8) is 0 Å². The Balaban J connectivity index is 1.54. The molecule has 1 unspecified atom stereocenters. The quantitative estimate of drug-likeness (QED) is 0.367. The normalized spacial score (nSPS) is 20.0. The molecule has 2 aromatic rings. The molecule has 0 amide bonds. The Hall–Kier alpha value is -3.73. The van der Waals surface area contributed by atoms with Crippen LogP contribution in [0.15, 0.2) is 58.9 Å². The van der Waals surface area contributed by atoms with Crippen molar-refractivity contribution in [1.82, 2.24) is 4.98 Å². The maximum atomic E-state index is 11.6. The van der Waals surface area contributed by atoms with Gasteiger partial charge in [0.05, 0.1) is 29.7 Å². The lowest BCUT2D eigenvalue weighted by Crippen LogP contribution is -2.17. The number of hydrogen-bond donors (Lipinski definition) is 1. The second-order valence-electron chi connectivity index (χ2n) is 7.42. The van der Waals surface area contributed by atoms with Gasteiger partial charge in [0.1, 0.15) is 10.8 Å². The van der Waals surface area contributed by atoms with Gasteiger partial charge in [-0.15, -0.1) is 11.8 Å². The Morgan fingerprint density at radius 2 is 2.12 bits per heavy atom. The van der Waals surface area contributed by atoms with E-state index in [0.29, 0.717) is 27.8 Å². The number of aromatic nitrogens is 1. The Kier molecular flexibility index (Phi) is 6.40. The van der Waals surface area contributed by atoms with Crippen molar-refractivity contribution in [2.75, 3.05) is 12.9 Å². The van der Waals surface area contributed by atoms with Gasteiger partial charge in [-0.25, -0.2) is 9.78 Å². The number of aliphatic imine (C=N–C) groups is 1. The number of esters is 1. The van der Waals surface area contributed by atoms with E-state index in [1.807, 2.05) is 6.07 Å². The van der Waals surface area contributed by atoms with Gasteiger partial charge >= 0.3 is 11.9 Å². The van der Waals surface area contributed by atoms with Gasteiger partial charge in [-0.3, -0.25) is 19.9 Å². The molecule has 4 rings (SSSR count). The van der Waals surface area contributed by atoms with E-state index in [0.717, 1.165) is 5.39 Å². The molecule has 0 fully saturated rings. The number of carboxylic acids is 1. The molecule has 0 saturated carbocycles. The number of aliphatic carboxylic acids is 1. The zero-order valence-electron chi connectivity index (χ0n) is 17.5. The van der Waals surface area contributed by atoms with Gasteiger partial charge in [0.15, 0.2) is 11.8 Å². The number of thioether (sulfide) groups is 1. The smallest absolute Gasteiger partial charge is 0.329 e. The number of nitrogens with zero attached hydrogens (tertiary/aromatic N) is 3. The minimum atomic E-state index is -0.961. The van der Waals surface area contributed by atoms with Crippen LogP contribution in [-0.2, 0) is 14.3 Å². The van der Waals surface area contributed by atoms with E-state index in [9.17, 15) is 19.7 Å². The molecule has 1 aliphatic heterocycles. The van der Waals surface area contributed by atoms with Gasteiger partial charge in [0.25, 0.3) is 5.70 Å². The largest absolute Gasteiger partial charge is 0.480 e. The molecule has 33 heavy (non-hydrogen) atoms. The third-order valence-electron chi connectivity index (χ3n) is 5.18. The second-order valence-corrected chi connectivity index (χ2v) is 8.43. The maximum Gasteiger partial charge on any atom is 0.329 e. The molecule has 2 atom stereocenters. The standard InChI is InChI=1S/C22H19N3O7S/c1-31-20(26)9-12-2-7-19(18(8-12)25(29)30)32-14-4-6-15-13(10-14)3-5-16(23-15)21-24-17(11-33-21)22(27)28/h2-7,10,12,17H,8-9,11H2,1H3,(H,27,28)/t12?,17-/m1/s1. The number of nitro groups is 1. The Morgan fingerprint density at radius 1 is 1.30 bits per heavy atom. The van der Waals surface area contributed by atoms with Crippen molar-refractivity contribution in [1.29, 1.82) is 0 Å². The van der Waals surface area contributed by atoms with Crippen LogP contribution in [0.2, 0.25) is 0 Å². The van der Waals surface area contributed by atoms with Crippen LogP contribution in [-0.4, -0.2) is 50.9 Å². The van der Waals surface area contributed by atoms with Crippen molar-refractivity contribution in [3.8, 4) is 5.75 Å². The van der Waals surface area contributed by atoms with Gasteiger partial charge in [0, 0.05) is 17.6 Å². The molecule has 2 heterocycles. The van der Waals surface area contributed by atoms with Gasteiger partial charge in [-0.1, -0.05) is 12.1 Å². The Labute approximate surface area is 192 Å². The molecule has 0 bridgehead atoms. The number of hydrogen-bond acceptors (Lipinski definition) is 9. The molecule has 170 valence electrons. The van der Waals surface area contributed by atoms with Crippen LogP contribution in [0.25, 0.3) is 10.9 Å². The lowest BCUT2D eigenvalue weighted by molar-refractivity contribution is -0.431. The summed E-state index contributed by atoms with van der Waals surface area (Å²) in [5.74, 6) is -0.835. The number of allylic oxidation sites excluding steroid dienone is 3. The lowest BCUT2D eigenvalue weighted by atomic mass is 9.94. The van der Waals surface area contributed by atoms with Crippen molar-refractivity contribution in [2.24, 2.45) is 10.9 Å². The third-order valence-corrected chi connectivity index (χ3v) is 6.25. The molecule has 0 saturated heterocycles. The first kappa shape index (κ1) is 22.5. The number of ether oxygens (including phenoxy) is 2. The number of carbonyl (C=O) groups excluding carboxylic acids is 1. The summed E-state index contributed by atoms with van der Waals surface area (Å²) in [6, 6.07) is 7.89. The Morgan fingerprint density at radius 3 is 2.82 bits per heavy atom. The molecular formula is C22H19N3O7S. The van der Waals surface area contributed by atoms with E-state index in [4.69, 9.17) is 9.84 Å². The molecule has 1 aromatic heterocycles. The van der Waals surface area contributed by atoms with Crippen LogP contribution in [0, 0.1) is 16.0 Å². The number of methoxy groups -OCH3 is 1. The number of rotatable bonds is 7. The van der Waals surface area contributed by atoms with Crippen LogP contribution >= 0.6 is 11.8 Å². The summed E-state index contributed by atoms with van der Waals surface area (Å²) in [5, 5.41) is 22.0. The molecule has 1 aromatic carbocycles. The van der Waals surface area contributed by atoms with Crippen LogP contribution < -0.4 is 4.74 Å². The van der Waals surface area contributed by atoms with Gasteiger partial charge in [-0.2, -0.15) is 0 Å². The molecular weight excluding hydrogens is 450 g/mol. The predicted octanol–water partition coefficient (Wildman–Crippen LogP) is 3.19. The SMILES string of the molecule is COC(=O)CC1C=CC(Oc2ccc3nc(C4=N[C@@H](C(=O)O)CS4)ccc3c2)=C([N+](=O)[O-])C1. The summed E-state index contributed by atoms with van der Waals surface area (Å²) in [6.07, 6.45) is 3.33. The highest BCUT2D eigenvalue weighted by atomic mass is 32.2. The zero-order valence-corrected chi connectivity index (χ0v) is 18.3. The van der Waals surface area contributed by atoms with E-state index in [-0.39, 0.29) is 30.2 Å². The summed E-state index contributed by atoms with van der Waals surface area (Å²) >= 11 is 1.35. The number of fused-ring (bicyclic) bond motifs is 1. The highest BCUT2D eigenvalue weighted by Crippen LogP contribution is 2.30. The molecule has 1 N–H and O–H groups in total.